The van der Waals surface area contributed by atoms with Crippen LogP contribution in [0, 0.1) is 17.3 Å². The number of nitrogens with one attached hydrogen (secondary N) is 1. The van der Waals surface area contributed by atoms with Crippen molar-refractivity contribution in [2.45, 2.75) is 39.7 Å². The van der Waals surface area contributed by atoms with Gasteiger partial charge in [0.1, 0.15) is 4.88 Å². The van der Waals surface area contributed by atoms with Gasteiger partial charge in [-0.3, -0.25) is 9.59 Å². The number of halogens is 1. The number of hydrogen-bond acceptors (Lipinski definition) is 3. The van der Waals surface area contributed by atoms with Crippen LogP contribution in [0.3, 0.4) is 0 Å². The number of carbonyl (C=O) groups excluding carboxylic acids is 1. The molecule has 1 fully saturated rings. The topological polar surface area (TPSA) is 66.4 Å². The smallest absolute Gasteiger partial charge is 0.307 e. The first kappa shape index (κ1) is 16.5. The van der Waals surface area contributed by atoms with Crippen molar-refractivity contribution in [1.82, 2.24) is 5.32 Å². The van der Waals surface area contributed by atoms with Gasteiger partial charge in [-0.15, -0.1) is 11.3 Å². The standard InChI is InChI=1S/C15H20BrNO3S/c1-8-11(5-4-9(14(19)20)15(8,2)3)17-13(18)12-10(16)6-7-21-12/h6-9,11H,4-5H2,1-3H3,(H,17,18)(H,19,20). The first-order valence-corrected chi connectivity index (χ1v) is 8.69. The molecule has 2 N–H and O–H groups in total. The molecule has 0 spiro atoms. The van der Waals surface area contributed by atoms with Gasteiger partial charge < -0.3 is 10.4 Å². The van der Waals surface area contributed by atoms with Crippen LogP contribution in [0.25, 0.3) is 0 Å². The van der Waals surface area contributed by atoms with E-state index in [0.29, 0.717) is 17.7 Å². The fraction of sp³-hybridized carbons (Fsp3) is 0.600. The average molecular weight is 374 g/mol. The van der Waals surface area contributed by atoms with Crippen LogP contribution in [0.2, 0.25) is 0 Å². The van der Waals surface area contributed by atoms with Gasteiger partial charge in [0.25, 0.3) is 5.91 Å². The second-order valence-electron chi connectivity index (χ2n) is 6.26. The third-order valence-electron chi connectivity index (χ3n) is 4.88. The SMILES string of the molecule is CC1C(NC(=O)c2sccc2Br)CCC(C(=O)O)C1(C)C. The van der Waals surface area contributed by atoms with Crippen LogP contribution in [-0.2, 0) is 4.79 Å². The Hall–Kier alpha value is -0.880. The summed E-state index contributed by atoms with van der Waals surface area (Å²) in [5, 5.41) is 14.3. The van der Waals surface area contributed by atoms with Crippen molar-refractivity contribution < 1.29 is 14.7 Å². The molecule has 2 rings (SSSR count). The van der Waals surface area contributed by atoms with E-state index in [1.165, 1.54) is 11.3 Å². The van der Waals surface area contributed by atoms with E-state index >= 15 is 0 Å². The number of amides is 1. The zero-order valence-electron chi connectivity index (χ0n) is 12.4. The number of rotatable bonds is 3. The van der Waals surface area contributed by atoms with Crippen molar-refractivity contribution in [2.75, 3.05) is 0 Å². The summed E-state index contributed by atoms with van der Waals surface area (Å²) in [5.41, 5.74) is -0.339. The van der Waals surface area contributed by atoms with Crippen LogP contribution in [0.4, 0.5) is 0 Å². The summed E-state index contributed by atoms with van der Waals surface area (Å²) in [7, 11) is 0. The number of carboxylic acids is 1. The van der Waals surface area contributed by atoms with Crippen LogP contribution >= 0.6 is 27.3 Å². The normalized spacial score (nSPS) is 28.1. The molecule has 1 heterocycles. The molecule has 0 radical (unpaired) electrons. The molecule has 6 heteroatoms. The quantitative estimate of drug-likeness (QED) is 0.847. The predicted molar refractivity (Wildman–Crippen MR) is 86.6 cm³/mol. The van der Waals surface area contributed by atoms with Crippen LogP contribution in [0.15, 0.2) is 15.9 Å². The molecule has 116 valence electrons. The van der Waals surface area contributed by atoms with Crippen LogP contribution in [0.5, 0.6) is 0 Å². The molecular weight excluding hydrogens is 354 g/mol. The minimum atomic E-state index is -0.738. The first-order chi connectivity index (χ1) is 9.75. The lowest BCUT2D eigenvalue weighted by Crippen LogP contribution is -2.52. The Balaban J connectivity index is 2.11. The molecule has 1 aliphatic rings. The Morgan fingerprint density at radius 1 is 1.43 bits per heavy atom. The molecular formula is C15H20BrNO3S. The Morgan fingerprint density at radius 2 is 2.10 bits per heavy atom. The van der Waals surface area contributed by atoms with E-state index in [1.807, 2.05) is 32.2 Å². The summed E-state index contributed by atoms with van der Waals surface area (Å²) >= 11 is 4.77. The molecule has 1 amide bonds. The number of carbonyl (C=O) groups is 2. The van der Waals surface area contributed by atoms with Crippen LogP contribution in [0.1, 0.15) is 43.3 Å². The monoisotopic (exact) mass is 373 g/mol. The number of hydrogen-bond donors (Lipinski definition) is 2. The van der Waals surface area contributed by atoms with Crippen molar-refractivity contribution in [1.29, 1.82) is 0 Å². The second kappa shape index (κ2) is 6.08. The van der Waals surface area contributed by atoms with Gasteiger partial charge in [-0.1, -0.05) is 20.8 Å². The van der Waals surface area contributed by atoms with Crippen LogP contribution in [-0.4, -0.2) is 23.0 Å². The molecule has 21 heavy (non-hydrogen) atoms. The Morgan fingerprint density at radius 3 is 2.62 bits per heavy atom. The fourth-order valence-corrected chi connectivity index (χ4v) is 4.59. The molecule has 0 aromatic carbocycles. The molecule has 1 aromatic rings. The van der Waals surface area contributed by atoms with Crippen LogP contribution < -0.4 is 5.32 Å². The maximum absolute atomic E-state index is 12.3. The summed E-state index contributed by atoms with van der Waals surface area (Å²) in [6.45, 7) is 6.00. The minimum absolute atomic E-state index is 0.0112. The molecule has 0 saturated heterocycles. The highest BCUT2D eigenvalue weighted by atomic mass is 79.9. The lowest BCUT2D eigenvalue weighted by molar-refractivity contribution is -0.150. The maximum atomic E-state index is 12.3. The summed E-state index contributed by atoms with van der Waals surface area (Å²) in [6.07, 6.45) is 1.31. The number of thiophene rings is 1. The van der Waals surface area contributed by atoms with Crippen molar-refractivity contribution in [3.63, 3.8) is 0 Å². The van der Waals surface area contributed by atoms with E-state index in [1.54, 1.807) is 0 Å². The lowest BCUT2D eigenvalue weighted by Gasteiger charge is -2.46. The first-order valence-electron chi connectivity index (χ1n) is 7.01. The number of carboxylic acid groups (broad SMARTS) is 1. The fourth-order valence-electron chi connectivity index (χ4n) is 3.13. The zero-order valence-corrected chi connectivity index (χ0v) is 14.8. The Labute approximate surface area is 137 Å². The van der Waals surface area contributed by atoms with Crippen molar-refractivity contribution in [3.8, 4) is 0 Å². The summed E-state index contributed by atoms with van der Waals surface area (Å²) in [6, 6.07) is 1.87. The van der Waals surface area contributed by atoms with E-state index in [9.17, 15) is 14.7 Å². The molecule has 4 nitrogen and oxygen atoms in total. The Kier molecular flexibility index (Phi) is 4.78. The van der Waals surface area contributed by atoms with Gasteiger partial charge in [-0.05, 0) is 51.6 Å². The van der Waals surface area contributed by atoms with E-state index in [2.05, 4.69) is 21.2 Å². The van der Waals surface area contributed by atoms with E-state index in [4.69, 9.17) is 0 Å². The highest BCUT2D eigenvalue weighted by Crippen LogP contribution is 2.45. The molecule has 3 unspecified atom stereocenters. The summed E-state index contributed by atoms with van der Waals surface area (Å²) in [4.78, 5) is 24.4. The highest BCUT2D eigenvalue weighted by molar-refractivity contribution is 9.10. The minimum Gasteiger partial charge on any atom is -0.481 e. The maximum Gasteiger partial charge on any atom is 0.307 e. The zero-order chi connectivity index (χ0) is 15.8. The third kappa shape index (κ3) is 3.16. The molecule has 1 aliphatic carbocycles. The number of aliphatic carboxylic acids is 1. The van der Waals surface area contributed by atoms with Gasteiger partial charge in [0.2, 0.25) is 0 Å². The van der Waals surface area contributed by atoms with Gasteiger partial charge in [0.05, 0.1) is 5.92 Å². The molecule has 1 aromatic heterocycles. The highest BCUT2D eigenvalue weighted by Gasteiger charge is 2.46. The van der Waals surface area contributed by atoms with Crippen molar-refractivity contribution in [3.05, 3.63) is 20.8 Å². The Bertz CT molecular complexity index is 555. The van der Waals surface area contributed by atoms with Gasteiger partial charge >= 0.3 is 5.97 Å². The van der Waals surface area contributed by atoms with E-state index in [0.717, 1.165) is 4.47 Å². The molecule has 1 saturated carbocycles. The average Bonchev–Trinajstić information content (AvgIpc) is 2.81. The second-order valence-corrected chi connectivity index (χ2v) is 8.03. The van der Waals surface area contributed by atoms with Gasteiger partial charge in [-0.25, -0.2) is 0 Å². The largest absolute Gasteiger partial charge is 0.481 e. The van der Waals surface area contributed by atoms with Gasteiger partial charge in [0, 0.05) is 10.5 Å². The summed E-state index contributed by atoms with van der Waals surface area (Å²) in [5.74, 6) is -1.07. The molecule has 0 aliphatic heterocycles. The van der Waals surface area contributed by atoms with E-state index in [-0.39, 0.29) is 29.2 Å². The summed E-state index contributed by atoms with van der Waals surface area (Å²) < 4.78 is 0.802. The van der Waals surface area contributed by atoms with E-state index < -0.39 is 5.97 Å². The predicted octanol–water partition coefficient (Wildman–Crippen LogP) is 3.77. The van der Waals surface area contributed by atoms with Gasteiger partial charge in [-0.2, -0.15) is 0 Å². The molecule has 0 bridgehead atoms. The van der Waals surface area contributed by atoms with Crippen molar-refractivity contribution in [2.24, 2.45) is 17.3 Å². The third-order valence-corrected chi connectivity index (χ3v) is 6.72. The van der Waals surface area contributed by atoms with Gasteiger partial charge in [0.15, 0.2) is 0 Å². The molecule has 3 atom stereocenters. The van der Waals surface area contributed by atoms with Crippen molar-refractivity contribution >= 4 is 39.1 Å². The lowest BCUT2D eigenvalue weighted by atomic mass is 9.61.